The van der Waals surface area contributed by atoms with Crippen LogP contribution in [0, 0.1) is 13.8 Å². The normalized spacial score (nSPS) is 15.4. The Kier molecular flexibility index (Phi) is 13.4. The molecule has 1 heterocycles. The van der Waals surface area contributed by atoms with E-state index in [1.807, 2.05) is 116 Å². The molecule has 6 rings (SSSR count). The highest BCUT2D eigenvalue weighted by molar-refractivity contribution is 6.53. The summed E-state index contributed by atoms with van der Waals surface area (Å²) in [5.41, 5.74) is 7.47. The van der Waals surface area contributed by atoms with Crippen LogP contribution >= 0.6 is 46.4 Å². The molecule has 0 unspecified atom stereocenters. The SMILES string of the molecule is CCNc1cc(C)ccc1C(=CC1(C=C(c2ccc(OC(C)C)cc2)c2ccc(C)cc2NCC)OC(=O)c2c(Cl)c(Cl)c(Cl)c(Cl)c21)c1ccc(OC(C)C)cc1. The Morgan fingerprint density at radius 1 is 0.638 bits per heavy atom. The van der Waals surface area contributed by atoms with E-state index in [1.54, 1.807) is 0 Å². The van der Waals surface area contributed by atoms with Gasteiger partial charge in [-0.1, -0.05) is 94.9 Å². The molecule has 58 heavy (non-hydrogen) atoms. The summed E-state index contributed by atoms with van der Waals surface area (Å²) in [6.07, 6.45) is 3.85. The van der Waals surface area contributed by atoms with Crippen LogP contribution < -0.4 is 20.1 Å². The van der Waals surface area contributed by atoms with Crippen LogP contribution in [0.15, 0.2) is 97.1 Å². The fourth-order valence-electron chi connectivity index (χ4n) is 7.18. The predicted molar refractivity (Wildman–Crippen MR) is 243 cm³/mol. The third-order valence-corrected chi connectivity index (χ3v) is 11.4. The number of cyclic esters (lactones) is 1. The lowest BCUT2D eigenvalue weighted by Gasteiger charge is -2.28. The quantitative estimate of drug-likeness (QED) is 0.0659. The van der Waals surface area contributed by atoms with Gasteiger partial charge in [0.1, 0.15) is 11.5 Å². The topological polar surface area (TPSA) is 68.8 Å². The zero-order valence-electron chi connectivity index (χ0n) is 34.0. The predicted octanol–water partition coefficient (Wildman–Crippen LogP) is 14.0. The number of ether oxygens (including phenoxy) is 3. The number of rotatable bonds is 14. The molecular weight excluding hydrogens is 810 g/mol. The molecule has 0 spiro atoms. The van der Waals surface area contributed by atoms with Crippen LogP contribution in [-0.2, 0) is 10.3 Å². The first-order valence-electron chi connectivity index (χ1n) is 19.5. The van der Waals surface area contributed by atoms with Crippen LogP contribution in [0.4, 0.5) is 11.4 Å². The number of hydrogen-bond acceptors (Lipinski definition) is 6. The number of aryl methyl sites for hydroxylation is 2. The first-order valence-corrected chi connectivity index (χ1v) is 21.0. The zero-order valence-corrected chi connectivity index (χ0v) is 37.0. The van der Waals surface area contributed by atoms with Gasteiger partial charge in [-0.15, -0.1) is 0 Å². The molecule has 302 valence electrons. The molecule has 1 aliphatic heterocycles. The Bertz CT molecular complexity index is 2260. The molecule has 0 atom stereocenters. The van der Waals surface area contributed by atoms with Crippen molar-refractivity contribution in [1.29, 1.82) is 0 Å². The van der Waals surface area contributed by atoms with Gasteiger partial charge in [-0.2, -0.15) is 0 Å². The highest BCUT2D eigenvalue weighted by Gasteiger charge is 2.48. The lowest BCUT2D eigenvalue weighted by Crippen LogP contribution is -2.23. The van der Waals surface area contributed by atoms with Gasteiger partial charge in [0.2, 0.25) is 0 Å². The van der Waals surface area contributed by atoms with E-state index in [1.165, 1.54) is 0 Å². The summed E-state index contributed by atoms with van der Waals surface area (Å²) < 4.78 is 18.7. The van der Waals surface area contributed by atoms with Crippen LogP contribution in [0.2, 0.25) is 20.1 Å². The Morgan fingerprint density at radius 2 is 1.05 bits per heavy atom. The summed E-state index contributed by atoms with van der Waals surface area (Å²) >= 11 is 27.6. The molecule has 0 aromatic heterocycles. The number of fused-ring (bicyclic) bond motifs is 1. The molecule has 2 N–H and O–H groups in total. The largest absolute Gasteiger partial charge is 0.491 e. The summed E-state index contributed by atoms with van der Waals surface area (Å²) in [6.45, 7) is 17.5. The molecular formula is C48H48Cl4N2O4. The van der Waals surface area contributed by atoms with Crippen LogP contribution in [-0.4, -0.2) is 31.3 Å². The minimum atomic E-state index is -1.69. The van der Waals surface area contributed by atoms with E-state index in [4.69, 9.17) is 60.6 Å². The molecule has 0 aliphatic carbocycles. The molecule has 0 amide bonds. The van der Waals surface area contributed by atoms with Gasteiger partial charge in [0.25, 0.3) is 0 Å². The van der Waals surface area contributed by atoms with Gasteiger partial charge in [-0.25, -0.2) is 4.79 Å². The first-order chi connectivity index (χ1) is 27.7. The molecule has 5 aromatic carbocycles. The summed E-state index contributed by atoms with van der Waals surface area (Å²) in [7, 11) is 0. The lowest BCUT2D eigenvalue weighted by atomic mass is 9.82. The number of halogens is 4. The van der Waals surface area contributed by atoms with E-state index >= 15 is 0 Å². The van der Waals surface area contributed by atoms with Gasteiger partial charge in [0.15, 0.2) is 5.60 Å². The fraction of sp³-hybridized carbons (Fsp3) is 0.271. The van der Waals surface area contributed by atoms with Crippen molar-refractivity contribution in [2.24, 2.45) is 0 Å². The van der Waals surface area contributed by atoms with E-state index in [9.17, 15) is 4.79 Å². The summed E-state index contributed by atoms with van der Waals surface area (Å²) in [4.78, 5) is 14.4. The molecule has 1 aliphatic rings. The van der Waals surface area contributed by atoms with Gasteiger partial charge in [-0.05, 0) is 137 Å². The van der Waals surface area contributed by atoms with Gasteiger partial charge < -0.3 is 24.8 Å². The number of carbonyl (C=O) groups excluding carboxylic acids is 1. The first kappa shape index (κ1) is 43.0. The highest BCUT2D eigenvalue weighted by atomic mass is 35.5. The van der Waals surface area contributed by atoms with Crippen molar-refractivity contribution in [3.05, 3.63) is 162 Å². The number of benzene rings is 5. The van der Waals surface area contributed by atoms with E-state index < -0.39 is 11.6 Å². The highest BCUT2D eigenvalue weighted by Crippen LogP contribution is 2.54. The standard InChI is InChI=1S/C48H48Cl4N2O4/c1-9-53-39-23-29(7)11-21-35(39)37(31-13-17-33(18-14-31)56-27(3)4)25-48(42-41(47(55)58-48)43(49)45(51)46(52)44(42)50)26-38(32-15-19-34(20-16-32)57-28(5)6)36-22-12-30(8)24-40(36)54-10-2/h11-28,53-54H,9-10H2,1-8H3. The summed E-state index contributed by atoms with van der Waals surface area (Å²) in [5, 5.41) is 7.09. The maximum Gasteiger partial charge on any atom is 0.341 e. The van der Waals surface area contributed by atoms with E-state index in [0.717, 1.165) is 67.4 Å². The average Bonchev–Trinajstić information content (AvgIpc) is 3.46. The average molecular weight is 859 g/mol. The molecule has 0 saturated heterocycles. The monoisotopic (exact) mass is 856 g/mol. The maximum absolute atomic E-state index is 14.4. The molecule has 0 saturated carbocycles. The fourth-order valence-corrected chi connectivity index (χ4v) is 8.26. The molecule has 0 bridgehead atoms. The van der Waals surface area contributed by atoms with Crippen molar-refractivity contribution in [3.63, 3.8) is 0 Å². The van der Waals surface area contributed by atoms with Crippen molar-refractivity contribution in [3.8, 4) is 11.5 Å². The molecule has 0 radical (unpaired) electrons. The number of hydrogen-bond donors (Lipinski definition) is 2. The lowest BCUT2D eigenvalue weighted by molar-refractivity contribution is 0.0300. The van der Waals surface area contributed by atoms with Gasteiger partial charge in [0.05, 0.1) is 37.9 Å². The third kappa shape index (κ3) is 9.01. The van der Waals surface area contributed by atoms with E-state index in [-0.39, 0.29) is 43.4 Å². The zero-order chi connectivity index (χ0) is 41.9. The number of anilines is 2. The van der Waals surface area contributed by atoms with E-state index in [2.05, 4.69) is 47.0 Å². The second kappa shape index (κ2) is 18.1. The second-order valence-electron chi connectivity index (χ2n) is 14.8. The van der Waals surface area contributed by atoms with Crippen LogP contribution in [0.25, 0.3) is 11.1 Å². The minimum absolute atomic E-state index is 0.0112. The maximum atomic E-state index is 14.4. The molecule has 0 fully saturated rings. The van der Waals surface area contributed by atoms with Crippen molar-refractivity contribution >= 4 is 74.9 Å². The molecule has 6 nitrogen and oxygen atoms in total. The second-order valence-corrected chi connectivity index (χ2v) is 16.4. The number of nitrogens with one attached hydrogen (secondary N) is 2. The molecule has 10 heteroatoms. The smallest absolute Gasteiger partial charge is 0.341 e. The van der Waals surface area contributed by atoms with Crippen molar-refractivity contribution < 1.29 is 19.0 Å². The van der Waals surface area contributed by atoms with Crippen molar-refractivity contribution in [1.82, 2.24) is 0 Å². The van der Waals surface area contributed by atoms with Crippen molar-refractivity contribution in [2.45, 2.75) is 73.2 Å². The van der Waals surface area contributed by atoms with Gasteiger partial charge >= 0.3 is 5.97 Å². The van der Waals surface area contributed by atoms with Gasteiger partial charge in [-0.3, -0.25) is 0 Å². The third-order valence-electron chi connectivity index (χ3n) is 9.58. The Morgan fingerprint density at radius 3 is 1.45 bits per heavy atom. The summed E-state index contributed by atoms with van der Waals surface area (Å²) in [6, 6.07) is 28.1. The van der Waals surface area contributed by atoms with Crippen LogP contribution in [0.1, 0.15) is 90.8 Å². The molecule has 5 aromatic rings. The Balaban J connectivity index is 1.78. The van der Waals surface area contributed by atoms with Crippen molar-refractivity contribution in [2.75, 3.05) is 23.7 Å². The van der Waals surface area contributed by atoms with Crippen LogP contribution in [0.3, 0.4) is 0 Å². The van der Waals surface area contributed by atoms with Gasteiger partial charge in [0, 0.05) is 41.2 Å². The number of carbonyl (C=O) groups is 1. The summed E-state index contributed by atoms with van der Waals surface area (Å²) in [5.74, 6) is 0.750. The Hall–Kier alpha value is -4.59. The van der Waals surface area contributed by atoms with Crippen LogP contribution in [0.5, 0.6) is 11.5 Å². The number of esters is 1. The Labute approximate surface area is 362 Å². The van der Waals surface area contributed by atoms with E-state index in [0.29, 0.717) is 13.1 Å². The minimum Gasteiger partial charge on any atom is -0.491 e.